The van der Waals surface area contributed by atoms with Crippen LogP contribution in [0.4, 0.5) is 5.69 Å². The highest BCUT2D eigenvalue weighted by molar-refractivity contribution is 6.33. The first kappa shape index (κ1) is 20.8. The Morgan fingerprint density at radius 3 is 2.61 bits per heavy atom. The smallest absolute Gasteiger partial charge is 0.230 e. The summed E-state index contributed by atoms with van der Waals surface area (Å²) in [5.41, 5.74) is 5.33. The number of benzene rings is 2. The highest BCUT2D eigenvalue weighted by Gasteiger charge is 2.16. The number of pyridine rings is 1. The molecule has 0 aliphatic heterocycles. The number of rotatable bonds is 5. The summed E-state index contributed by atoms with van der Waals surface area (Å²) in [6.07, 6.45) is 3.42. The van der Waals surface area contributed by atoms with E-state index in [1.165, 1.54) is 0 Å². The van der Waals surface area contributed by atoms with Crippen LogP contribution in [0.5, 0.6) is 0 Å². The van der Waals surface area contributed by atoms with Crippen LogP contribution < -0.4 is 5.32 Å². The molecule has 0 atom stereocenters. The van der Waals surface area contributed by atoms with Crippen LogP contribution in [0.2, 0.25) is 5.02 Å². The molecule has 0 saturated carbocycles. The standard InChI is InChI=1S/C25H19ClN6O/c1-16-5-4-8-24(29-16)32-23(17-9-10-21-22(13-17)28-12-11-27-21)14-18(31-32)15-25(33)30-20-7-3-2-6-19(20)26/h2-14H,15H2,1H3,(H,30,33). The van der Waals surface area contributed by atoms with Gasteiger partial charge in [-0.1, -0.05) is 35.9 Å². The number of carbonyl (C=O) groups excluding carboxylic acids is 1. The van der Waals surface area contributed by atoms with Gasteiger partial charge in [-0.2, -0.15) is 5.10 Å². The topological polar surface area (TPSA) is 85.6 Å². The van der Waals surface area contributed by atoms with E-state index in [0.717, 1.165) is 28.0 Å². The SMILES string of the molecule is Cc1cccc(-n2nc(CC(=O)Nc3ccccc3Cl)cc2-c2ccc3nccnc3c2)n1. The van der Waals surface area contributed by atoms with Crippen molar-refractivity contribution in [3.05, 3.63) is 95.5 Å². The summed E-state index contributed by atoms with van der Waals surface area (Å²) in [7, 11) is 0. The maximum absolute atomic E-state index is 12.7. The lowest BCUT2D eigenvalue weighted by Gasteiger charge is -2.08. The molecule has 7 nitrogen and oxygen atoms in total. The number of aryl methyl sites for hydroxylation is 1. The van der Waals surface area contributed by atoms with Crippen LogP contribution in [0.1, 0.15) is 11.4 Å². The third kappa shape index (κ3) is 4.44. The summed E-state index contributed by atoms with van der Waals surface area (Å²) in [6, 6.07) is 20.6. The lowest BCUT2D eigenvalue weighted by atomic mass is 10.1. The molecule has 2 aromatic carbocycles. The predicted octanol–water partition coefficient (Wildman–Crippen LogP) is 5.02. The normalized spacial score (nSPS) is 11.0. The Bertz CT molecular complexity index is 1480. The average Bonchev–Trinajstić information content (AvgIpc) is 3.24. The minimum Gasteiger partial charge on any atom is -0.324 e. The van der Waals surface area contributed by atoms with Crippen molar-refractivity contribution in [3.63, 3.8) is 0 Å². The average molecular weight is 455 g/mol. The minimum absolute atomic E-state index is 0.0877. The molecule has 33 heavy (non-hydrogen) atoms. The molecule has 5 rings (SSSR count). The number of para-hydroxylation sites is 1. The van der Waals surface area contributed by atoms with E-state index in [1.807, 2.05) is 61.5 Å². The van der Waals surface area contributed by atoms with Crippen molar-refractivity contribution >= 4 is 34.2 Å². The van der Waals surface area contributed by atoms with Gasteiger partial charge in [-0.25, -0.2) is 9.67 Å². The van der Waals surface area contributed by atoms with E-state index < -0.39 is 0 Å². The number of nitrogens with zero attached hydrogens (tertiary/aromatic N) is 5. The summed E-state index contributed by atoms with van der Waals surface area (Å²) < 4.78 is 1.75. The molecule has 0 unspecified atom stereocenters. The molecule has 1 amide bonds. The molecule has 0 fully saturated rings. The molecular formula is C25H19ClN6O. The number of nitrogens with one attached hydrogen (secondary N) is 1. The quantitative estimate of drug-likeness (QED) is 0.403. The van der Waals surface area contributed by atoms with Crippen LogP contribution in [-0.4, -0.2) is 30.6 Å². The third-order valence-corrected chi connectivity index (χ3v) is 5.43. The summed E-state index contributed by atoms with van der Waals surface area (Å²) >= 11 is 6.17. The fraction of sp³-hybridized carbons (Fsp3) is 0.0800. The van der Waals surface area contributed by atoms with E-state index in [4.69, 9.17) is 16.7 Å². The highest BCUT2D eigenvalue weighted by atomic mass is 35.5. The number of aromatic nitrogens is 5. The predicted molar refractivity (Wildman–Crippen MR) is 128 cm³/mol. The lowest BCUT2D eigenvalue weighted by molar-refractivity contribution is -0.115. The number of carbonyl (C=O) groups is 1. The van der Waals surface area contributed by atoms with Crippen molar-refractivity contribution in [3.8, 4) is 17.1 Å². The van der Waals surface area contributed by atoms with Crippen LogP contribution in [0.3, 0.4) is 0 Å². The van der Waals surface area contributed by atoms with Crippen LogP contribution in [0, 0.1) is 6.92 Å². The van der Waals surface area contributed by atoms with Crippen molar-refractivity contribution < 1.29 is 4.79 Å². The van der Waals surface area contributed by atoms with Crippen LogP contribution in [0.15, 0.2) is 79.1 Å². The fourth-order valence-corrected chi connectivity index (χ4v) is 3.77. The molecule has 0 aliphatic rings. The fourth-order valence-electron chi connectivity index (χ4n) is 3.59. The van der Waals surface area contributed by atoms with Crippen molar-refractivity contribution in [2.75, 3.05) is 5.32 Å². The molecule has 3 heterocycles. The van der Waals surface area contributed by atoms with E-state index in [-0.39, 0.29) is 12.3 Å². The van der Waals surface area contributed by atoms with Gasteiger partial charge in [-0.3, -0.25) is 14.8 Å². The molecule has 162 valence electrons. The Kier molecular flexibility index (Phi) is 5.54. The Hall–Kier alpha value is -4.10. The van der Waals surface area contributed by atoms with Gasteiger partial charge in [-0.15, -0.1) is 0 Å². The van der Waals surface area contributed by atoms with E-state index in [0.29, 0.717) is 22.2 Å². The minimum atomic E-state index is -0.208. The maximum Gasteiger partial charge on any atom is 0.230 e. The van der Waals surface area contributed by atoms with Gasteiger partial charge in [0.15, 0.2) is 5.82 Å². The molecular weight excluding hydrogens is 436 g/mol. The summed E-state index contributed by atoms with van der Waals surface area (Å²) in [4.78, 5) is 26.1. The first-order valence-corrected chi connectivity index (χ1v) is 10.7. The summed E-state index contributed by atoms with van der Waals surface area (Å²) in [5, 5.41) is 8.04. The van der Waals surface area contributed by atoms with Crippen LogP contribution in [-0.2, 0) is 11.2 Å². The second-order valence-electron chi connectivity index (χ2n) is 7.53. The monoisotopic (exact) mass is 454 g/mol. The maximum atomic E-state index is 12.7. The van der Waals surface area contributed by atoms with Crippen molar-refractivity contribution in [2.24, 2.45) is 0 Å². The number of fused-ring (bicyclic) bond motifs is 1. The Morgan fingerprint density at radius 1 is 0.970 bits per heavy atom. The lowest BCUT2D eigenvalue weighted by Crippen LogP contribution is -2.15. The molecule has 3 aromatic heterocycles. The number of amides is 1. The first-order chi connectivity index (χ1) is 16.1. The van der Waals surface area contributed by atoms with Gasteiger partial charge < -0.3 is 5.32 Å². The van der Waals surface area contributed by atoms with Gasteiger partial charge in [0.2, 0.25) is 5.91 Å². The van der Waals surface area contributed by atoms with Crippen molar-refractivity contribution in [1.82, 2.24) is 24.7 Å². The van der Waals surface area contributed by atoms with Crippen molar-refractivity contribution in [2.45, 2.75) is 13.3 Å². The molecule has 1 N–H and O–H groups in total. The number of anilines is 1. The first-order valence-electron chi connectivity index (χ1n) is 10.4. The molecule has 0 spiro atoms. The summed E-state index contributed by atoms with van der Waals surface area (Å²) in [5.74, 6) is 0.461. The zero-order valence-electron chi connectivity index (χ0n) is 17.7. The van der Waals surface area contributed by atoms with Gasteiger partial charge in [0, 0.05) is 23.7 Å². The summed E-state index contributed by atoms with van der Waals surface area (Å²) in [6.45, 7) is 1.93. The van der Waals surface area contributed by atoms with E-state index in [9.17, 15) is 4.79 Å². The highest BCUT2D eigenvalue weighted by Crippen LogP contribution is 2.27. The van der Waals surface area contributed by atoms with Crippen LogP contribution >= 0.6 is 11.6 Å². The van der Waals surface area contributed by atoms with Gasteiger partial charge in [0.1, 0.15) is 0 Å². The molecule has 5 aromatic rings. The van der Waals surface area contributed by atoms with Crippen molar-refractivity contribution in [1.29, 1.82) is 0 Å². The number of hydrogen-bond acceptors (Lipinski definition) is 5. The van der Waals surface area contributed by atoms with Gasteiger partial charge in [-0.05, 0) is 49.4 Å². The zero-order chi connectivity index (χ0) is 22.8. The number of hydrogen-bond donors (Lipinski definition) is 1. The van der Waals surface area contributed by atoms with E-state index in [1.54, 1.807) is 29.2 Å². The Labute approximate surface area is 195 Å². The molecule has 8 heteroatoms. The van der Waals surface area contributed by atoms with Crippen LogP contribution in [0.25, 0.3) is 28.1 Å². The van der Waals surface area contributed by atoms with E-state index >= 15 is 0 Å². The Balaban J connectivity index is 1.53. The molecule has 0 bridgehead atoms. The van der Waals surface area contributed by atoms with E-state index in [2.05, 4.69) is 20.3 Å². The second kappa shape index (κ2) is 8.80. The Morgan fingerprint density at radius 2 is 1.79 bits per heavy atom. The zero-order valence-corrected chi connectivity index (χ0v) is 18.5. The van der Waals surface area contributed by atoms with Gasteiger partial charge >= 0.3 is 0 Å². The molecule has 0 saturated heterocycles. The largest absolute Gasteiger partial charge is 0.324 e. The second-order valence-corrected chi connectivity index (χ2v) is 7.94. The molecule has 0 aliphatic carbocycles. The number of halogens is 1. The van der Waals surface area contributed by atoms with Gasteiger partial charge in [0.05, 0.1) is 39.6 Å². The molecule has 0 radical (unpaired) electrons. The third-order valence-electron chi connectivity index (χ3n) is 5.11. The van der Waals surface area contributed by atoms with Gasteiger partial charge in [0.25, 0.3) is 0 Å².